The molecular formula is C15H20Br2N2O. The van der Waals surface area contributed by atoms with Gasteiger partial charge in [0.25, 0.3) is 0 Å². The molecule has 1 aliphatic heterocycles. The fourth-order valence-corrected chi connectivity index (χ4v) is 4.33. The molecule has 110 valence electrons. The van der Waals surface area contributed by atoms with E-state index < -0.39 is 0 Å². The van der Waals surface area contributed by atoms with Gasteiger partial charge in [0, 0.05) is 15.5 Å². The van der Waals surface area contributed by atoms with Crippen LogP contribution in [0.25, 0.3) is 0 Å². The van der Waals surface area contributed by atoms with Crippen molar-refractivity contribution in [3.63, 3.8) is 0 Å². The Morgan fingerprint density at radius 3 is 2.40 bits per heavy atom. The molecule has 1 aromatic rings. The summed E-state index contributed by atoms with van der Waals surface area (Å²) in [7, 11) is 0. The minimum Gasteiger partial charge on any atom is -0.324 e. The Labute approximate surface area is 137 Å². The van der Waals surface area contributed by atoms with E-state index in [1.54, 1.807) is 0 Å². The molecule has 0 saturated carbocycles. The molecular weight excluding hydrogens is 384 g/mol. The Kier molecular flexibility index (Phi) is 4.92. The molecule has 0 radical (unpaired) electrons. The van der Waals surface area contributed by atoms with Crippen LogP contribution in [0.1, 0.15) is 25.8 Å². The molecule has 1 heterocycles. The first-order valence-electron chi connectivity index (χ1n) is 6.84. The van der Waals surface area contributed by atoms with Crippen molar-refractivity contribution in [1.29, 1.82) is 0 Å². The Morgan fingerprint density at radius 1 is 1.35 bits per heavy atom. The van der Waals surface area contributed by atoms with Crippen molar-refractivity contribution in [2.24, 2.45) is 11.3 Å². The van der Waals surface area contributed by atoms with Crippen LogP contribution in [-0.4, -0.2) is 19.0 Å². The molecule has 0 aromatic heterocycles. The number of benzene rings is 1. The van der Waals surface area contributed by atoms with Crippen LogP contribution in [0.4, 0.5) is 5.69 Å². The first-order chi connectivity index (χ1) is 9.36. The van der Waals surface area contributed by atoms with E-state index in [-0.39, 0.29) is 11.3 Å². The minimum atomic E-state index is -0.316. The molecule has 1 saturated heterocycles. The number of carbonyl (C=O) groups is 1. The van der Waals surface area contributed by atoms with E-state index >= 15 is 0 Å². The molecule has 2 rings (SSSR count). The third-order valence-electron chi connectivity index (χ3n) is 4.17. The molecule has 5 heteroatoms. The fourth-order valence-electron chi connectivity index (χ4n) is 2.72. The highest BCUT2D eigenvalue weighted by Gasteiger charge is 2.44. The zero-order chi connectivity index (χ0) is 14.9. The normalized spacial score (nSPS) is 22.3. The van der Waals surface area contributed by atoms with Crippen molar-refractivity contribution in [1.82, 2.24) is 5.32 Å². The van der Waals surface area contributed by atoms with Crippen LogP contribution in [-0.2, 0) is 4.79 Å². The van der Waals surface area contributed by atoms with Crippen molar-refractivity contribution in [2.75, 3.05) is 18.4 Å². The molecule has 0 spiro atoms. The van der Waals surface area contributed by atoms with E-state index in [1.165, 1.54) is 0 Å². The molecule has 1 aromatic carbocycles. The summed E-state index contributed by atoms with van der Waals surface area (Å²) in [6.07, 6.45) is 0.887. The summed E-state index contributed by atoms with van der Waals surface area (Å²) in [5.74, 6) is 0.406. The van der Waals surface area contributed by atoms with Crippen molar-refractivity contribution in [3.8, 4) is 0 Å². The average Bonchev–Trinajstić information content (AvgIpc) is 2.83. The van der Waals surface area contributed by atoms with Gasteiger partial charge in [-0.1, -0.05) is 13.8 Å². The Morgan fingerprint density at radius 2 is 1.95 bits per heavy atom. The third-order valence-corrected chi connectivity index (χ3v) is 5.42. The van der Waals surface area contributed by atoms with Gasteiger partial charge in [0.15, 0.2) is 0 Å². The summed E-state index contributed by atoms with van der Waals surface area (Å²) >= 11 is 7.06. The average molecular weight is 404 g/mol. The standard InChI is InChI=1S/C15H20Br2N2O/c1-9(2)15(4-5-18-8-15)14(20)19-13-11(16)6-10(3)7-12(13)17/h6-7,9,18H,4-5,8H2,1-3H3,(H,19,20). The van der Waals surface area contributed by atoms with Crippen LogP contribution in [0.3, 0.4) is 0 Å². The van der Waals surface area contributed by atoms with E-state index in [0.717, 1.165) is 39.7 Å². The number of hydrogen-bond donors (Lipinski definition) is 2. The van der Waals surface area contributed by atoms with Gasteiger partial charge in [-0.3, -0.25) is 4.79 Å². The molecule has 0 bridgehead atoms. The number of anilines is 1. The second-order valence-corrected chi connectivity index (χ2v) is 7.50. The topological polar surface area (TPSA) is 41.1 Å². The molecule has 1 fully saturated rings. The predicted molar refractivity (Wildman–Crippen MR) is 90.0 cm³/mol. The highest BCUT2D eigenvalue weighted by molar-refractivity contribution is 9.11. The maximum Gasteiger partial charge on any atom is 0.232 e. The van der Waals surface area contributed by atoms with Crippen LogP contribution in [0.5, 0.6) is 0 Å². The lowest BCUT2D eigenvalue weighted by Crippen LogP contribution is -2.42. The lowest BCUT2D eigenvalue weighted by molar-refractivity contribution is -0.126. The number of amides is 1. The molecule has 3 nitrogen and oxygen atoms in total. The monoisotopic (exact) mass is 402 g/mol. The zero-order valence-electron chi connectivity index (χ0n) is 12.0. The van der Waals surface area contributed by atoms with E-state index in [4.69, 9.17) is 0 Å². The van der Waals surface area contributed by atoms with Gasteiger partial charge in [0.2, 0.25) is 5.91 Å². The first-order valence-corrected chi connectivity index (χ1v) is 8.43. The molecule has 1 atom stereocenters. The fraction of sp³-hybridized carbons (Fsp3) is 0.533. The zero-order valence-corrected chi connectivity index (χ0v) is 15.2. The van der Waals surface area contributed by atoms with Gasteiger partial charge in [-0.2, -0.15) is 0 Å². The smallest absolute Gasteiger partial charge is 0.232 e. The molecule has 1 amide bonds. The van der Waals surface area contributed by atoms with Crippen molar-refractivity contribution < 1.29 is 4.79 Å². The Hall–Kier alpha value is -0.390. The maximum absolute atomic E-state index is 12.8. The molecule has 20 heavy (non-hydrogen) atoms. The predicted octanol–water partition coefficient (Wildman–Crippen LogP) is 4.09. The Bertz CT molecular complexity index is 500. The molecule has 2 N–H and O–H groups in total. The van der Waals surface area contributed by atoms with Crippen LogP contribution in [0, 0.1) is 18.3 Å². The quantitative estimate of drug-likeness (QED) is 0.797. The summed E-state index contributed by atoms with van der Waals surface area (Å²) < 4.78 is 1.81. The largest absolute Gasteiger partial charge is 0.324 e. The summed E-state index contributed by atoms with van der Waals surface area (Å²) in [6.45, 7) is 7.91. The summed E-state index contributed by atoms with van der Waals surface area (Å²) in [5.41, 5.74) is 1.64. The maximum atomic E-state index is 12.8. The number of aryl methyl sites for hydroxylation is 1. The van der Waals surface area contributed by atoms with Crippen LogP contribution in [0.2, 0.25) is 0 Å². The molecule has 1 aliphatic rings. The van der Waals surface area contributed by atoms with Crippen molar-refractivity contribution in [3.05, 3.63) is 26.6 Å². The number of nitrogens with one attached hydrogen (secondary N) is 2. The Balaban J connectivity index is 2.28. The molecule has 1 unspecified atom stereocenters. The SMILES string of the molecule is Cc1cc(Br)c(NC(=O)C2(C(C)C)CCNC2)c(Br)c1. The number of hydrogen-bond acceptors (Lipinski definition) is 2. The van der Waals surface area contributed by atoms with Crippen LogP contribution < -0.4 is 10.6 Å². The number of rotatable bonds is 3. The number of halogens is 2. The van der Waals surface area contributed by atoms with Gasteiger partial charge in [-0.15, -0.1) is 0 Å². The number of carbonyl (C=O) groups excluding carboxylic acids is 1. The van der Waals surface area contributed by atoms with E-state index in [9.17, 15) is 4.79 Å². The van der Waals surface area contributed by atoms with Gasteiger partial charge < -0.3 is 10.6 Å². The van der Waals surface area contributed by atoms with Crippen molar-refractivity contribution >= 4 is 43.5 Å². The summed E-state index contributed by atoms with van der Waals surface area (Å²) in [6, 6.07) is 4.02. The van der Waals surface area contributed by atoms with Gasteiger partial charge >= 0.3 is 0 Å². The van der Waals surface area contributed by atoms with Crippen LogP contribution >= 0.6 is 31.9 Å². The summed E-state index contributed by atoms with van der Waals surface area (Å²) in [5, 5.41) is 6.41. The second kappa shape index (κ2) is 6.16. The van der Waals surface area contributed by atoms with Gasteiger partial charge in [-0.05, 0) is 75.4 Å². The lowest BCUT2D eigenvalue weighted by atomic mass is 9.75. The van der Waals surface area contributed by atoms with Crippen LogP contribution in [0.15, 0.2) is 21.1 Å². The van der Waals surface area contributed by atoms with Gasteiger partial charge in [0.1, 0.15) is 0 Å². The van der Waals surface area contributed by atoms with Crippen molar-refractivity contribution in [2.45, 2.75) is 27.2 Å². The first kappa shape index (κ1) is 16.0. The molecule has 0 aliphatic carbocycles. The van der Waals surface area contributed by atoms with Gasteiger partial charge in [0.05, 0.1) is 11.1 Å². The van der Waals surface area contributed by atoms with E-state index in [0.29, 0.717) is 5.92 Å². The highest BCUT2D eigenvalue weighted by atomic mass is 79.9. The van der Waals surface area contributed by atoms with E-state index in [2.05, 4.69) is 56.3 Å². The van der Waals surface area contributed by atoms with E-state index in [1.807, 2.05) is 19.1 Å². The third kappa shape index (κ3) is 2.95. The second-order valence-electron chi connectivity index (χ2n) is 5.80. The highest BCUT2D eigenvalue weighted by Crippen LogP contribution is 2.38. The lowest BCUT2D eigenvalue weighted by Gasteiger charge is -2.31. The minimum absolute atomic E-state index is 0.0998. The van der Waals surface area contributed by atoms with Gasteiger partial charge in [-0.25, -0.2) is 0 Å². The summed E-state index contributed by atoms with van der Waals surface area (Å²) in [4.78, 5) is 12.8.